The Morgan fingerprint density at radius 2 is 1.63 bits per heavy atom. The fourth-order valence-electron chi connectivity index (χ4n) is 5.43. The minimum Gasteiger partial charge on any atom is -0.336 e. The van der Waals surface area contributed by atoms with Gasteiger partial charge in [0.2, 0.25) is 0 Å². The van der Waals surface area contributed by atoms with Crippen molar-refractivity contribution in [1.82, 2.24) is 19.1 Å². The minimum atomic E-state index is -3.79. The molecule has 2 heterocycles. The summed E-state index contributed by atoms with van der Waals surface area (Å²) in [4.78, 5) is 34.8. The van der Waals surface area contributed by atoms with Crippen LogP contribution in [-0.4, -0.2) is 27.5 Å². The van der Waals surface area contributed by atoms with Crippen molar-refractivity contribution in [1.29, 1.82) is 0 Å². The van der Waals surface area contributed by atoms with Crippen molar-refractivity contribution in [3.63, 3.8) is 0 Å². The van der Waals surface area contributed by atoms with Crippen molar-refractivity contribution in [2.45, 2.75) is 64.9 Å². The number of fused-ring (bicyclic) bond motifs is 1. The van der Waals surface area contributed by atoms with E-state index >= 15 is 0 Å². The number of halogens is 1. The molecule has 11 heteroatoms. The number of rotatable bonds is 10. The molecule has 0 aliphatic heterocycles. The van der Waals surface area contributed by atoms with Gasteiger partial charge in [0, 0.05) is 24.2 Å². The molecule has 5 aromatic rings. The number of sulfonamides is 1. The molecule has 0 bridgehead atoms. The van der Waals surface area contributed by atoms with Gasteiger partial charge in [-0.2, -0.15) is 0 Å². The second-order valence-electron chi connectivity index (χ2n) is 10.9. The predicted octanol–water partition coefficient (Wildman–Crippen LogP) is 5.19. The van der Waals surface area contributed by atoms with Gasteiger partial charge in [0.25, 0.3) is 15.6 Å². The smallest absolute Gasteiger partial charge is 0.333 e. The number of hydrogen-bond acceptors (Lipinski definition) is 5. The van der Waals surface area contributed by atoms with E-state index in [0.29, 0.717) is 42.0 Å². The maximum Gasteiger partial charge on any atom is 0.333 e. The largest absolute Gasteiger partial charge is 0.336 e. The third-order valence-electron chi connectivity index (χ3n) is 7.38. The summed E-state index contributed by atoms with van der Waals surface area (Å²) in [6.45, 7) is 7.65. The Morgan fingerprint density at radius 3 is 2.28 bits per heavy atom. The third kappa shape index (κ3) is 6.17. The lowest BCUT2D eigenvalue weighted by Gasteiger charge is -2.14. The van der Waals surface area contributed by atoms with Crippen LogP contribution in [0, 0.1) is 26.6 Å². The zero-order chi connectivity index (χ0) is 30.9. The average molecular weight is 604 g/mol. The van der Waals surface area contributed by atoms with Crippen molar-refractivity contribution in [2.75, 3.05) is 4.72 Å². The molecule has 0 aliphatic rings. The molecule has 5 rings (SSSR count). The SMILES string of the molecule is CCCCn1c(=O)n(Cc2ccccc2F)c(=O)c2[nH]c(Cc3ccc(NS(=O)(=O)c4c(C)cc(C)cc4C)cc3)nc21. The number of imidazole rings is 1. The quantitative estimate of drug-likeness (QED) is 0.228. The summed E-state index contributed by atoms with van der Waals surface area (Å²) in [6.07, 6.45) is 1.84. The van der Waals surface area contributed by atoms with E-state index in [9.17, 15) is 22.4 Å². The Labute approximate surface area is 249 Å². The van der Waals surface area contributed by atoms with E-state index in [0.717, 1.165) is 22.1 Å². The maximum absolute atomic E-state index is 14.4. The van der Waals surface area contributed by atoms with Crippen LogP contribution in [0.25, 0.3) is 11.2 Å². The molecule has 0 atom stereocenters. The third-order valence-corrected chi connectivity index (χ3v) is 9.07. The van der Waals surface area contributed by atoms with Crippen LogP contribution in [-0.2, 0) is 29.5 Å². The number of aryl methyl sites for hydroxylation is 4. The Morgan fingerprint density at radius 1 is 0.953 bits per heavy atom. The second-order valence-corrected chi connectivity index (χ2v) is 12.5. The number of nitrogens with zero attached hydrogens (tertiary/aromatic N) is 3. The Hall–Kier alpha value is -4.51. The summed E-state index contributed by atoms with van der Waals surface area (Å²) in [5, 5.41) is 0. The minimum absolute atomic E-state index is 0.176. The highest BCUT2D eigenvalue weighted by Gasteiger charge is 2.21. The molecule has 0 saturated carbocycles. The molecule has 0 saturated heterocycles. The van der Waals surface area contributed by atoms with Crippen molar-refractivity contribution in [3.8, 4) is 0 Å². The lowest BCUT2D eigenvalue weighted by atomic mass is 10.1. The van der Waals surface area contributed by atoms with Gasteiger partial charge in [-0.15, -0.1) is 0 Å². The Balaban J connectivity index is 1.44. The number of hydrogen-bond donors (Lipinski definition) is 2. The van der Waals surface area contributed by atoms with Gasteiger partial charge in [-0.3, -0.25) is 18.7 Å². The fourth-order valence-corrected chi connectivity index (χ4v) is 6.95. The Bertz CT molecular complexity index is 2020. The van der Waals surface area contributed by atoms with E-state index in [-0.39, 0.29) is 28.2 Å². The van der Waals surface area contributed by atoms with Gasteiger partial charge in [0.15, 0.2) is 5.65 Å². The van der Waals surface area contributed by atoms with E-state index in [4.69, 9.17) is 0 Å². The van der Waals surface area contributed by atoms with Gasteiger partial charge < -0.3 is 4.98 Å². The summed E-state index contributed by atoms with van der Waals surface area (Å²) in [6, 6.07) is 16.6. The van der Waals surface area contributed by atoms with Crippen LogP contribution in [0.1, 0.15) is 53.4 Å². The van der Waals surface area contributed by atoms with E-state index in [1.54, 1.807) is 56.3 Å². The van der Waals surface area contributed by atoms with Crippen LogP contribution >= 0.6 is 0 Å². The van der Waals surface area contributed by atoms with Gasteiger partial charge >= 0.3 is 5.69 Å². The highest BCUT2D eigenvalue weighted by Crippen LogP contribution is 2.25. The van der Waals surface area contributed by atoms with Gasteiger partial charge in [-0.1, -0.05) is 61.4 Å². The molecule has 0 aliphatic carbocycles. The summed E-state index contributed by atoms with van der Waals surface area (Å²) in [5.74, 6) is -0.0196. The number of aromatic amines is 1. The lowest BCUT2D eigenvalue weighted by Crippen LogP contribution is -2.40. The normalized spacial score (nSPS) is 11.7. The number of benzene rings is 3. The average Bonchev–Trinajstić information content (AvgIpc) is 3.36. The molecule has 3 aromatic carbocycles. The summed E-state index contributed by atoms with van der Waals surface area (Å²) < 4.78 is 45.8. The molecule has 9 nitrogen and oxygen atoms in total. The van der Waals surface area contributed by atoms with E-state index in [1.165, 1.54) is 10.6 Å². The molecule has 224 valence electrons. The summed E-state index contributed by atoms with van der Waals surface area (Å²) in [7, 11) is -3.79. The first-order valence-electron chi connectivity index (χ1n) is 14.1. The lowest BCUT2D eigenvalue weighted by molar-refractivity contribution is 0.553. The van der Waals surface area contributed by atoms with Gasteiger partial charge in [0.05, 0.1) is 11.4 Å². The van der Waals surface area contributed by atoms with Gasteiger partial charge in [-0.05, 0) is 62.1 Å². The number of aromatic nitrogens is 4. The van der Waals surface area contributed by atoms with E-state index < -0.39 is 27.1 Å². The standard InChI is InChI=1S/C32H34FN5O4S/c1-5-6-15-37-30-28(31(39)38(32(37)40)19-24-9-7-8-10-26(24)33)34-27(35-30)18-23-11-13-25(14-12-23)36-43(41,42)29-21(3)16-20(2)17-22(29)4/h7-14,16-17,36H,5-6,15,18-19H2,1-4H3,(H,34,35). The Kier molecular flexibility index (Phi) is 8.36. The summed E-state index contributed by atoms with van der Waals surface area (Å²) in [5.41, 5.74) is 3.15. The van der Waals surface area contributed by atoms with Crippen molar-refractivity contribution < 1.29 is 12.8 Å². The second kappa shape index (κ2) is 12.0. The highest BCUT2D eigenvalue weighted by atomic mass is 32.2. The van der Waals surface area contributed by atoms with Crippen molar-refractivity contribution in [2.24, 2.45) is 0 Å². The van der Waals surface area contributed by atoms with Gasteiger partial charge in [0.1, 0.15) is 17.2 Å². The molecule has 0 fully saturated rings. The van der Waals surface area contributed by atoms with Crippen LogP contribution in [0.2, 0.25) is 0 Å². The molecule has 0 amide bonds. The van der Waals surface area contributed by atoms with Crippen LogP contribution in [0.15, 0.2) is 75.1 Å². The van der Waals surface area contributed by atoms with Crippen molar-refractivity contribution in [3.05, 3.63) is 121 Å². The summed E-state index contributed by atoms with van der Waals surface area (Å²) >= 11 is 0. The van der Waals surface area contributed by atoms with Crippen molar-refractivity contribution >= 4 is 26.9 Å². The predicted molar refractivity (Wildman–Crippen MR) is 166 cm³/mol. The molecular formula is C32H34FN5O4S. The van der Waals surface area contributed by atoms with Crippen LogP contribution in [0.5, 0.6) is 0 Å². The fraction of sp³-hybridized carbons (Fsp3) is 0.281. The molecule has 0 radical (unpaired) electrons. The highest BCUT2D eigenvalue weighted by molar-refractivity contribution is 7.92. The van der Waals surface area contributed by atoms with Crippen LogP contribution in [0.4, 0.5) is 10.1 Å². The first-order valence-corrected chi connectivity index (χ1v) is 15.6. The number of nitrogens with one attached hydrogen (secondary N) is 2. The first kappa shape index (κ1) is 30.0. The maximum atomic E-state index is 14.4. The molecule has 43 heavy (non-hydrogen) atoms. The zero-order valence-corrected chi connectivity index (χ0v) is 25.4. The number of anilines is 1. The first-order chi connectivity index (χ1) is 20.5. The van der Waals surface area contributed by atoms with Crippen LogP contribution < -0.4 is 16.0 Å². The van der Waals surface area contributed by atoms with E-state index in [1.807, 2.05) is 26.0 Å². The number of unbranched alkanes of at least 4 members (excludes halogenated alkanes) is 1. The van der Waals surface area contributed by atoms with Gasteiger partial charge in [-0.25, -0.2) is 22.6 Å². The van der Waals surface area contributed by atoms with Crippen LogP contribution in [0.3, 0.4) is 0 Å². The molecule has 0 spiro atoms. The molecule has 2 N–H and O–H groups in total. The topological polar surface area (TPSA) is 119 Å². The molecular weight excluding hydrogens is 569 g/mol. The molecule has 2 aromatic heterocycles. The zero-order valence-electron chi connectivity index (χ0n) is 24.6. The van der Waals surface area contributed by atoms with E-state index in [2.05, 4.69) is 14.7 Å². The number of H-pyrrole nitrogens is 1. The molecule has 0 unspecified atom stereocenters. The monoisotopic (exact) mass is 603 g/mol.